The highest BCUT2D eigenvalue weighted by Gasteiger charge is 2.51. The van der Waals surface area contributed by atoms with Gasteiger partial charge in [0, 0.05) is 5.75 Å². The molecule has 0 unspecified atom stereocenters. The predicted octanol–water partition coefficient (Wildman–Crippen LogP) is 4.36. The van der Waals surface area contributed by atoms with Crippen LogP contribution in [0.2, 0.25) is 0 Å². The van der Waals surface area contributed by atoms with Crippen molar-refractivity contribution in [3.05, 3.63) is 64.7 Å². The number of aryl methyl sites for hydroxylation is 3. The van der Waals surface area contributed by atoms with Crippen LogP contribution in [0.4, 0.5) is 5.69 Å². The number of amides is 1. The SMILES string of the molecule is Cc1ccc([C@@H]2SC[C@@H]3C(=O)N(c4cc(C)ccc4C)C(=S)N32)cc1. The molecule has 4 rings (SSSR count). The second-order valence-electron chi connectivity index (χ2n) is 6.77. The van der Waals surface area contributed by atoms with Gasteiger partial charge in [0.1, 0.15) is 11.4 Å². The third-order valence-electron chi connectivity index (χ3n) is 4.89. The van der Waals surface area contributed by atoms with Crippen molar-refractivity contribution in [2.75, 3.05) is 10.7 Å². The van der Waals surface area contributed by atoms with Crippen molar-refractivity contribution in [3.63, 3.8) is 0 Å². The van der Waals surface area contributed by atoms with E-state index in [1.165, 1.54) is 11.1 Å². The number of thioether (sulfide) groups is 1. The Bertz CT molecular complexity index is 862. The van der Waals surface area contributed by atoms with E-state index in [4.69, 9.17) is 12.2 Å². The molecule has 0 N–H and O–H groups in total. The molecule has 5 heteroatoms. The molecule has 2 aliphatic rings. The fourth-order valence-electron chi connectivity index (χ4n) is 3.46. The Morgan fingerprint density at radius 1 is 1.04 bits per heavy atom. The summed E-state index contributed by atoms with van der Waals surface area (Å²) in [6, 6.07) is 14.5. The van der Waals surface area contributed by atoms with E-state index < -0.39 is 0 Å². The number of fused-ring (bicyclic) bond motifs is 1. The minimum absolute atomic E-state index is 0.0980. The van der Waals surface area contributed by atoms with Crippen LogP contribution >= 0.6 is 24.0 Å². The van der Waals surface area contributed by atoms with E-state index in [1.54, 1.807) is 16.7 Å². The first kappa shape index (κ1) is 16.6. The first-order valence-corrected chi connectivity index (χ1v) is 9.85. The molecular formula is C20H20N2OS2. The maximum Gasteiger partial charge on any atom is 0.257 e. The molecule has 2 aliphatic heterocycles. The number of carbonyl (C=O) groups is 1. The van der Waals surface area contributed by atoms with E-state index in [1.807, 2.05) is 13.8 Å². The van der Waals surface area contributed by atoms with E-state index in [-0.39, 0.29) is 17.3 Å². The van der Waals surface area contributed by atoms with E-state index in [0.717, 1.165) is 22.6 Å². The van der Waals surface area contributed by atoms with Crippen molar-refractivity contribution >= 4 is 40.7 Å². The lowest BCUT2D eigenvalue weighted by Crippen LogP contribution is -2.34. The van der Waals surface area contributed by atoms with Crippen LogP contribution in [-0.2, 0) is 4.79 Å². The van der Waals surface area contributed by atoms with Crippen molar-refractivity contribution in [1.82, 2.24) is 4.90 Å². The van der Waals surface area contributed by atoms with Gasteiger partial charge in [-0.15, -0.1) is 11.8 Å². The van der Waals surface area contributed by atoms with Crippen molar-refractivity contribution in [2.24, 2.45) is 0 Å². The van der Waals surface area contributed by atoms with Crippen LogP contribution in [0.25, 0.3) is 0 Å². The molecule has 1 amide bonds. The molecule has 2 aromatic carbocycles. The number of hydrogen-bond donors (Lipinski definition) is 0. The van der Waals surface area contributed by atoms with Gasteiger partial charge in [-0.25, -0.2) is 0 Å². The molecule has 2 aromatic rings. The average Bonchev–Trinajstić information content (AvgIpc) is 3.12. The van der Waals surface area contributed by atoms with Gasteiger partial charge in [-0.2, -0.15) is 0 Å². The Labute approximate surface area is 158 Å². The maximum atomic E-state index is 13.1. The molecule has 0 radical (unpaired) electrons. The summed E-state index contributed by atoms with van der Waals surface area (Å²) in [4.78, 5) is 16.9. The monoisotopic (exact) mass is 368 g/mol. The van der Waals surface area contributed by atoms with Gasteiger partial charge in [0.25, 0.3) is 5.91 Å². The number of rotatable bonds is 2. The summed E-state index contributed by atoms with van der Waals surface area (Å²) in [5.41, 5.74) is 5.56. The third-order valence-corrected chi connectivity index (χ3v) is 6.60. The Hall–Kier alpha value is -1.85. The van der Waals surface area contributed by atoms with Gasteiger partial charge in [0.15, 0.2) is 5.11 Å². The molecule has 0 saturated carbocycles. The van der Waals surface area contributed by atoms with Gasteiger partial charge in [-0.05, 0) is 55.7 Å². The molecule has 0 aromatic heterocycles. The Balaban J connectivity index is 1.71. The lowest BCUT2D eigenvalue weighted by atomic mass is 10.1. The normalized spacial score (nSPS) is 22.7. The standard InChI is InChI=1S/C20H20N2OS2/c1-12-5-8-15(9-6-12)19-22-17(11-25-19)18(23)21(20(22)24)16-10-13(2)4-7-14(16)3/h4-10,17,19H,11H2,1-3H3/t17-,19+/m1/s1. The number of thiocarbonyl (C=S) groups is 1. The topological polar surface area (TPSA) is 23.6 Å². The summed E-state index contributed by atoms with van der Waals surface area (Å²) in [6.45, 7) is 6.15. The average molecular weight is 369 g/mol. The van der Waals surface area contributed by atoms with Gasteiger partial charge < -0.3 is 4.90 Å². The summed E-state index contributed by atoms with van der Waals surface area (Å²) in [5.74, 6) is 0.875. The van der Waals surface area contributed by atoms with Crippen LogP contribution in [0.15, 0.2) is 42.5 Å². The van der Waals surface area contributed by atoms with Gasteiger partial charge in [-0.3, -0.25) is 9.69 Å². The highest BCUT2D eigenvalue weighted by Crippen LogP contribution is 2.46. The molecule has 25 heavy (non-hydrogen) atoms. The highest BCUT2D eigenvalue weighted by atomic mass is 32.2. The van der Waals surface area contributed by atoms with Crippen molar-refractivity contribution in [1.29, 1.82) is 0 Å². The zero-order valence-electron chi connectivity index (χ0n) is 14.5. The molecule has 128 valence electrons. The number of benzene rings is 2. The lowest BCUT2D eigenvalue weighted by Gasteiger charge is -2.26. The molecule has 2 saturated heterocycles. The van der Waals surface area contributed by atoms with Crippen LogP contribution in [0.3, 0.4) is 0 Å². The molecule has 0 bridgehead atoms. The van der Waals surface area contributed by atoms with Gasteiger partial charge >= 0.3 is 0 Å². The van der Waals surface area contributed by atoms with Crippen LogP contribution in [0, 0.1) is 20.8 Å². The fraction of sp³-hybridized carbons (Fsp3) is 0.300. The van der Waals surface area contributed by atoms with Crippen LogP contribution in [-0.4, -0.2) is 27.7 Å². The summed E-state index contributed by atoms with van der Waals surface area (Å²) in [6.07, 6.45) is 0. The molecule has 2 atom stereocenters. The van der Waals surface area contributed by atoms with E-state index in [9.17, 15) is 4.79 Å². The van der Waals surface area contributed by atoms with Gasteiger partial charge in [0.05, 0.1) is 5.69 Å². The van der Waals surface area contributed by atoms with Gasteiger partial charge in [-0.1, -0.05) is 42.0 Å². The smallest absolute Gasteiger partial charge is 0.257 e. The minimum atomic E-state index is -0.163. The molecule has 3 nitrogen and oxygen atoms in total. The maximum absolute atomic E-state index is 13.1. The summed E-state index contributed by atoms with van der Waals surface area (Å²) < 4.78 is 0. The largest absolute Gasteiger partial charge is 0.319 e. The van der Waals surface area contributed by atoms with Crippen molar-refractivity contribution in [2.45, 2.75) is 32.2 Å². The van der Waals surface area contributed by atoms with Crippen LogP contribution < -0.4 is 4.90 Å². The minimum Gasteiger partial charge on any atom is -0.319 e. The number of nitrogens with zero attached hydrogens (tertiary/aromatic N) is 2. The molecule has 2 heterocycles. The fourth-order valence-corrected chi connectivity index (χ4v) is 5.37. The third kappa shape index (κ3) is 2.66. The van der Waals surface area contributed by atoms with E-state index in [2.05, 4.69) is 54.3 Å². The molecule has 0 aliphatic carbocycles. The first-order chi connectivity index (χ1) is 12.0. The predicted molar refractivity (Wildman–Crippen MR) is 108 cm³/mol. The van der Waals surface area contributed by atoms with Crippen LogP contribution in [0.1, 0.15) is 27.6 Å². The number of hydrogen-bond acceptors (Lipinski definition) is 3. The zero-order valence-corrected chi connectivity index (χ0v) is 16.2. The number of carbonyl (C=O) groups excluding carboxylic acids is 1. The number of anilines is 1. The van der Waals surface area contributed by atoms with E-state index >= 15 is 0 Å². The highest BCUT2D eigenvalue weighted by molar-refractivity contribution is 7.99. The zero-order chi connectivity index (χ0) is 17.7. The molecular weight excluding hydrogens is 348 g/mol. The van der Waals surface area contributed by atoms with Crippen molar-refractivity contribution in [3.8, 4) is 0 Å². The Kier molecular flexibility index (Phi) is 4.08. The van der Waals surface area contributed by atoms with Crippen LogP contribution in [0.5, 0.6) is 0 Å². The Morgan fingerprint density at radius 3 is 2.44 bits per heavy atom. The summed E-state index contributed by atoms with van der Waals surface area (Å²) in [7, 11) is 0. The van der Waals surface area contributed by atoms with E-state index in [0.29, 0.717) is 5.11 Å². The lowest BCUT2D eigenvalue weighted by molar-refractivity contribution is -0.119. The molecule has 2 fully saturated rings. The Morgan fingerprint density at radius 2 is 1.72 bits per heavy atom. The van der Waals surface area contributed by atoms with Crippen molar-refractivity contribution < 1.29 is 4.79 Å². The second-order valence-corrected chi connectivity index (χ2v) is 8.24. The summed E-state index contributed by atoms with van der Waals surface area (Å²) >= 11 is 7.56. The van der Waals surface area contributed by atoms with Gasteiger partial charge in [0.2, 0.25) is 0 Å². The quantitative estimate of drug-likeness (QED) is 0.735. The summed E-state index contributed by atoms with van der Waals surface area (Å²) in [5, 5.41) is 0.733. The second kappa shape index (κ2) is 6.15. The first-order valence-electron chi connectivity index (χ1n) is 8.39. The molecule has 0 spiro atoms.